The average Bonchev–Trinajstić information content (AvgIpc) is 2.48. The van der Waals surface area contributed by atoms with Gasteiger partial charge in [0.2, 0.25) is 5.06 Å². The Hall–Kier alpha value is -1.77. The van der Waals surface area contributed by atoms with Crippen molar-refractivity contribution in [2.45, 2.75) is 12.0 Å². The zero-order valence-corrected chi connectivity index (χ0v) is 13.0. The molecule has 0 aliphatic heterocycles. The van der Waals surface area contributed by atoms with Gasteiger partial charge in [0.25, 0.3) is 0 Å². The standard InChI is InChI=1S/C17H14Cl2O2/c1-12(2)16(20)21-17(19,13-8-4-3-5-9-13)14-10-6-7-11-15(14)18/h3-11H,1H2,2H3. The van der Waals surface area contributed by atoms with Gasteiger partial charge in [-0.25, -0.2) is 4.79 Å². The Balaban J connectivity index is 2.57. The normalized spacial score (nSPS) is 13.3. The van der Waals surface area contributed by atoms with Crippen LogP contribution in [-0.2, 0) is 14.6 Å². The maximum absolute atomic E-state index is 12.0. The van der Waals surface area contributed by atoms with Gasteiger partial charge >= 0.3 is 5.97 Å². The lowest BCUT2D eigenvalue weighted by molar-refractivity contribution is -0.145. The van der Waals surface area contributed by atoms with Gasteiger partial charge in [0, 0.05) is 21.7 Å². The summed E-state index contributed by atoms with van der Waals surface area (Å²) in [5.74, 6) is -0.575. The van der Waals surface area contributed by atoms with Crippen LogP contribution in [0.1, 0.15) is 18.1 Å². The van der Waals surface area contributed by atoms with Crippen molar-refractivity contribution in [1.82, 2.24) is 0 Å². The van der Waals surface area contributed by atoms with Crippen LogP contribution < -0.4 is 0 Å². The first-order chi connectivity index (χ1) is 9.95. The van der Waals surface area contributed by atoms with Crippen molar-refractivity contribution < 1.29 is 9.53 Å². The molecule has 0 aliphatic carbocycles. The monoisotopic (exact) mass is 320 g/mol. The zero-order valence-electron chi connectivity index (χ0n) is 11.5. The van der Waals surface area contributed by atoms with E-state index in [4.69, 9.17) is 27.9 Å². The van der Waals surface area contributed by atoms with Crippen molar-refractivity contribution in [3.05, 3.63) is 82.9 Å². The molecule has 0 spiro atoms. The van der Waals surface area contributed by atoms with E-state index < -0.39 is 11.0 Å². The molecule has 2 aromatic carbocycles. The fourth-order valence-corrected chi connectivity index (χ4v) is 2.54. The van der Waals surface area contributed by atoms with Crippen molar-refractivity contribution in [2.75, 3.05) is 0 Å². The highest BCUT2D eigenvalue weighted by atomic mass is 35.5. The predicted molar refractivity (Wildman–Crippen MR) is 85.4 cm³/mol. The minimum Gasteiger partial charge on any atom is -0.431 e. The van der Waals surface area contributed by atoms with Crippen molar-refractivity contribution in [3.8, 4) is 0 Å². The van der Waals surface area contributed by atoms with Crippen molar-refractivity contribution in [3.63, 3.8) is 0 Å². The molecule has 0 amide bonds. The van der Waals surface area contributed by atoms with Crippen molar-refractivity contribution >= 4 is 29.2 Å². The number of hydrogen-bond acceptors (Lipinski definition) is 2. The Kier molecular flexibility index (Phi) is 4.71. The van der Waals surface area contributed by atoms with Crippen LogP contribution in [0.4, 0.5) is 0 Å². The van der Waals surface area contributed by atoms with Gasteiger partial charge in [-0.3, -0.25) is 0 Å². The molecule has 0 aromatic heterocycles. The smallest absolute Gasteiger partial charge is 0.335 e. The minimum absolute atomic E-state index is 0.267. The molecule has 0 radical (unpaired) electrons. The van der Waals surface area contributed by atoms with Gasteiger partial charge in [-0.2, -0.15) is 0 Å². The molecule has 0 saturated heterocycles. The maximum Gasteiger partial charge on any atom is 0.335 e. The second kappa shape index (κ2) is 6.33. The topological polar surface area (TPSA) is 26.3 Å². The summed E-state index contributed by atoms with van der Waals surface area (Å²) in [6.07, 6.45) is 0. The van der Waals surface area contributed by atoms with E-state index in [1.54, 1.807) is 43.3 Å². The minimum atomic E-state index is -1.49. The van der Waals surface area contributed by atoms with E-state index in [1.807, 2.05) is 18.2 Å². The predicted octanol–water partition coefficient (Wildman–Crippen LogP) is 4.90. The lowest BCUT2D eigenvalue weighted by atomic mass is 10.0. The Morgan fingerprint density at radius 2 is 1.67 bits per heavy atom. The molecule has 0 N–H and O–H groups in total. The van der Waals surface area contributed by atoms with Gasteiger partial charge in [-0.1, -0.05) is 78.3 Å². The van der Waals surface area contributed by atoms with Gasteiger partial charge in [0.05, 0.1) is 0 Å². The number of ether oxygens (including phenoxy) is 1. The number of esters is 1. The van der Waals surface area contributed by atoms with Crippen LogP contribution in [0.15, 0.2) is 66.7 Å². The summed E-state index contributed by atoms with van der Waals surface area (Å²) in [6, 6.07) is 16.1. The highest BCUT2D eigenvalue weighted by Gasteiger charge is 2.38. The van der Waals surface area contributed by atoms with E-state index in [0.29, 0.717) is 16.1 Å². The van der Waals surface area contributed by atoms with Crippen LogP contribution in [0.5, 0.6) is 0 Å². The third kappa shape index (κ3) is 3.29. The number of benzene rings is 2. The van der Waals surface area contributed by atoms with Crippen molar-refractivity contribution in [2.24, 2.45) is 0 Å². The van der Waals surface area contributed by atoms with E-state index in [1.165, 1.54) is 0 Å². The molecular formula is C17H14Cl2O2. The number of hydrogen-bond donors (Lipinski definition) is 0. The Morgan fingerprint density at radius 3 is 2.24 bits per heavy atom. The fourth-order valence-electron chi connectivity index (χ4n) is 1.86. The average molecular weight is 321 g/mol. The molecule has 1 atom stereocenters. The molecule has 1 unspecified atom stereocenters. The molecule has 0 bridgehead atoms. The van der Waals surface area contributed by atoms with Gasteiger partial charge in [0.15, 0.2) is 0 Å². The third-order valence-electron chi connectivity index (χ3n) is 2.95. The van der Waals surface area contributed by atoms with Crippen LogP contribution in [-0.4, -0.2) is 5.97 Å². The van der Waals surface area contributed by atoms with E-state index in [0.717, 1.165) is 0 Å². The van der Waals surface area contributed by atoms with Gasteiger partial charge in [0.1, 0.15) is 0 Å². The van der Waals surface area contributed by atoms with E-state index in [2.05, 4.69) is 6.58 Å². The summed E-state index contributed by atoms with van der Waals surface area (Å²) < 4.78 is 5.49. The van der Waals surface area contributed by atoms with E-state index >= 15 is 0 Å². The van der Waals surface area contributed by atoms with Crippen LogP contribution in [0.2, 0.25) is 5.02 Å². The van der Waals surface area contributed by atoms with Crippen LogP contribution in [0.3, 0.4) is 0 Å². The lowest BCUT2D eigenvalue weighted by Crippen LogP contribution is -2.28. The summed E-state index contributed by atoms with van der Waals surface area (Å²) in [4.78, 5) is 12.0. The first-order valence-electron chi connectivity index (χ1n) is 6.33. The number of carbonyl (C=O) groups is 1. The van der Waals surface area contributed by atoms with Crippen molar-refractivity contribution in [1.29, 1.82) is 0 Å². The molecule has 2 nitrogen and oxygen atoms in total. The molecule has 0 aliphatic rings. The fraction of sp³-hybridized carbons (Fsp3) is 0.118. The molecular weight excluding hydrogens is 307 g/mol. The third-order valence-corrected chi connectivity index (χ3v) is 3.78. The summed E-state index contributed by atoms with van der Waals surface area (Å²) in [7, 11) is 0. The van der Waals surface area contributed by atoms with Crippen LogP contribution in [0.25, 0.3) is 0 Å². The number of carbonyl (C=O) groups excluding carboxylic acids is 1. The highest BCUT2D eigenvalue weighted by Crippen LogP contribution is 2.41. The first-order valence-corrected chi connectivity index (χ1v) is 7.09. The highest BCUT2D eigenvalue weighted by molar-refractivity contribution is 6.34. The lowest BCUT2D eigenvalue weighted by Gasteiger charge is -2.29. The van der Waals surface area contributed by atoms with Crippen LogP contribution in [0, 0.1) is 0 Å². The quantitative estimate of drug-likeness (QED) is 0.455. The summed E-state index contributed by atoms with van der Waals surface area (Å²) in [6.45, 7) is 5.15. The largest absolute Gasteiger partial charge is 0.431 e. The molecule has 21 heavy (non-hydrogen) atoms. The molecule has 0 saturated carbocycles. The van der Waals surface area contributed by atoms with Gasteiger partial charge in [-0.15, -0.1) is 0 Å². The molecule has 4 heteroatoms. The summed E-state index contributed by atoms with van der Waals surface area (Å²) in [5, 5.41) is -1.07. The first kappa shape index (κ1) is 15.6. The molecule has 2 aromatic rings. The summed E-state index contributed by atoms with van der Waals surface area (Å²) >= 11 is 12.9. The molecule has 0 fully saturated rings. The second-order valence-electron chi connectivity index (χ2n) is 4.61. The molecule has 108 valence electrons. The maximum atomic E-state index is 12.0. The molecule has 2 rings (SSSR count). The van der Waals surface area contributed by atoms with Gasteiger partial charge in [-0.05, 0) is 13.0 Å². The summed E-state index contributed by atoms with van der Waals surface area (Å²) in [5.41, 5.74) is 1.39. The van der Waals surface area contributed by atoms with Crippen LogP contribution >= 0.6 is 23.2 Å². The van der Waals surface area contributed by atoms with E-state index in [-0.39, 0.29) is 5.57 Å². The molecule has 0 heterocycles. The number of rotatable bonds is 4. The SMILES string of the molecule is C=C(C)C(=O)OC(Cl)(c1ccccc1)c1ccccc1Cl. The zero-order chi connectivity index (χ0) is 15.5. The number of alkyl halides is 1. The Morgan fingerprint density at radius 1 is 1.10 bits per heavy atom. The second-order valence-corrected chi connectivity index (χ2v) is 5.55. The Labute approximate surface area is 134 Å². The van der Waals surface area contributed by atoms with E-state index in [9.17, 15) is 4.79 Å². The number of halogens is 2. The van der Waals surface area contributed by atoms with Gasteiger partial charge < -0.3 is 4.74 Å². The Bertz CT molecular complexity index is 668.